The Hall–Kier alpha value is -2.13. The number of aliphatic imine (C=N–C) groups is 1. The third-order valence-corrected chi connectivity index (χ3v) is 6.02. The van der Waals surface area contributed by atoms with E-state index in [1.165, 1.54) is 24.0 Å². The number of aryl methyl sites for hydroxylation is 1. The Labute approximate surface area is 215 Å². The van der Waals surface area contributed by atoms with Crippen LogP contribution in [0.5, 0.6) is 0 Å². The van der Waals surface area contributed by atoms with Crippen molar-refractivity contribution in [2.24, 2.45) is 4.99 Å². The van der Waals surface area contributed by atoms with Crippen molar-refractivity contribution in [3.05, 3.63) is 70.8 Å². The smallest absolute Gasteiger partial charge is 0.253 e. The largest absolute Gasteiger partial charge is 0.356 e. The predicted molar refractivity (Wildman–Crippen MR) is 148 cm³/mol. The summed E-state index contributed by atoms with van der Waals surface area (Å²) < 4.78 is 0. The molecule has 2 N–H and O–H groups in total. The van der Waals surface area contributed by atoms with Gasteiger partial charge in [-0.1, -0.05) is 42.0 Å². The highest BCUT2D eigenvalue weighted by Gasteiger charge is 2.23. The van der Waals surface area contributed by atoms with Gasteiger partial charge in [0.1, 0.15) is 0 Å². The van der Waals surface area contributed by atoms with Gasteiger partial charge in [0.25, 0.3) is 5.91 Å². The Kier molecular flexibility index (Phi) is 11.1. The standard InChI is InChI=1S/C26H37N5O.HI/c1-20-10-12-22(13-11-20)24(31-16-5-6-17-31)19-29-26(27-2)28-15-14-21-8-7-9-23(18-21)25(32)30(3)4;/h7-13,18,24H,5-6,14-17,19H2,1-4H3,(H2,27,28,29);1H. The van der Waals surface area contributed by atoms with Gasteiger partial charge in [0.2, 0.25) is 0 Å². The van der Waals surface area contributed by atoms with E-state index in [0.29, 0.717) is 6.04 Å². The normalized spacial score (nSPS) is 15.0. The van der Waals surface area contributed by atoms with Gasteiger partial charge >= 0.3 is 0 Å². The monoisotopic (exact) mass is 563 g/mol. The van der Waals surface area contributed by atoms with Crippen molar-refractivity contribution in [1.82, 2.24) is 20.4 Å². The summed E-state index contributed by atoms with van der Waals surface area (Å²) in [7, 11) is 5.36. The Morgan fingerprint density at radius 1 is 1.09 bits per heavy atom. The van der Waals surface area contributed by atoms with Crippen LogP contribution in [0, 0.1) is 6.92 Å². The summed E-state index contributed by atoms with van der Waals surface area (Å²) in [5, 5.41) is 6.95. The summed E-state index contributed by atoms with van der Waals surface area (Å²) in [5.74, 6) is 0.836. The molecule has 2 aromatic rings. The Bertz CT molecular complexity index is 907. The number of benzene rings is 2. The van der Waals surface area contributed by atoms with Crippen molar-refractivity contribution in [1.29, 1.82) is 0 Å². The van der Waals surface area contributed by atoms with Crippen LogP contribution in [-0.2, 0) is 6.42 Å². The lowest BCUT2D eigenvalue weighted by molar-refractivity contribution is 0.0827. The van der Waals surface area contributed by atoms with Crippen LogP contribution in [0.3, 0.4) is 0 Å². The molecule has 180 valence electrons. The maximum Gasteiger partial charge on any atom is 0.253 e. The van der Waals surface area contributed by atoms with Crippen molar-refractivity contribution in [3.8, 4) is 0 Å². The van der Waals surface area contributed by atoms with E-state index in [2.05, 4.69) is 57.8 Å². The molecule has 0 radical (unpaired) electrons. The quantitative estimate of drug-likeness (QED) is 0.291. The average molecular weight is 564 g/mol. The van der Waals surface area contributed by atoms with E-state index in [9.17, 15) is 4.79 Å². The molecule has 0 bridgehead atoms. The third-order valence-electron chi connectivity index (χ3n) is 6.02. The molecule has 1 heterocycles. The molecule has 0 saturated carbocycles. The molecule has 0 spiro atoms. The second-order valence-electron chi connectivity index (χ2n) is 8.70. The van der Waals surface area contributed by atoms with Gasteiger partial charge in [-0.2, -0.15) is 0 Å². The summed E-state index contributed by atoms with van der Waals surface area (Å²) in [6.07, 6.45) is 3.36. The molecule has 1 saturated heterocycles. The molecule has 0 aliphatic carbocycles. The van der Waals surface area contributed by atoms with Gasteiger partial charge in [-0.25, -0.2) is 0 Å². The summed E-state index contributed by atoms with van der Waals surface area (Å²) in [6, 6.07) is 17.1. The zero-order valence-electron chi connectivity index (χ0n) is 20.3. The maximum absolute atomic E-state index is 12.2. The number of hydrogen-bond donors (Lipinski definition) is 2. The van der Waals surface area contributed by atoms with Crippen LogP contribution in [0.1, 0.15) is 45.9 Å². The third kappa shape index (κ3) is 7.99. The van der Waals surface area contributed by atoms with E-state index in [4.69, 9.17) is 0 Å². The Morgan fingerprint density at radius 3 is 2.42 bits per heavy atom. The maximum atomic E-state index is 12.2. The zero-order chi connectivity index (χ0) is 22.9. The molecule has 1 amide bonds. The fourth-order valence-electron chi connectivity index (χ4n) is 4.16. The van der Waals surface area contributed by atoms with E-state index in [1.807, 2.05) is 25.2 Å². The first-order chi connectivity index (χ1) is 15.5. The second-order valence-corrected chi connectivity index (χ2v) is 8.70. The minimum Gasteiger partial charge on any atom is -0.356 e. The van der Waals surface area contributed by atoms with E-state index in [-0.39, 0.29) is 29.9 Å². The molecule has 33 heavy (non-hydrogen) atoms. The number of likely N-dealkylation sites (tertiary alicyclic amines) is 1. The number of nitrogens with zero attached hydrogens (tertiary/aromatic N) is 3. The lowest BCUT2D eigenvalue weighted by Gasteiger charge is -2.29. The number of nitrogens with one attached hydrogen (secondary N) is 2. The van der Waals surface area contributed by atoms with E-state index in [1.54, 1.807) is 19.0 Å². The zero-order valence-corrected chi connectivity index (χ0v) is 22.6. The lowest BCUT2D eigenvalue weighted by Crippen LogP contribution is -2.43. The molecular weight excluding hydrogens is 525 g/mol. The number of carbonyl (C=O) groups is 1. The minimum atomic E-state index is 0. The number of carbonyl (C=O) groups excluding carboxylic acids is 1. The van der Waals surface area contributed by atoms with Crippen molar-refractivity contribution in [2.75, 3.05) is 47.3 Å². The molecular formula is C26H38IN5O. The van der Waals surface area contributed by atoms with Gasteiger partial charge in [-0.3, -0.25) is 14.7 Å². The molecule has 1 fully saturated rings. The minimum absolute atomic E-state index is 0. The molecule has 7 heteroatoms. The van der Waals surface area contributed by atoms with E-state index >= 15 is 0 Å². The van der Waals surface area contributed by atoms with Crippen LogP contribution < -0.4 is 10.6 Å². The van der Waals surface area contributed by atoms with Gasteiger partial charge in [-0.15, -0.1) is 24.0 Å². The van der Waals surface area contributed by atoms with E-state index in [0.717, 1.165) is 49.7 Å². The fraction of sp³-hybridized carbons (Fsp3) is 0.462. The van der Waals surface area contributed by atoms with Crippen LogP contribution in [0.15, 0.2) is 53.5 Å². The van der Waals surface area contributed by atoms with Crippen molar-refractivity contribution >= 4 is 35.8 Å². The van der Waals surface area contributed by atoms with E-state index < -0.39 is 0 Å². The fourth-order valence-corrected chi connectivity index (χ4v) is 4.16. The SMILES string of the molecule is CN=C(NCCc1cccc(C(=O)N(C)C)c1)NCC(c1ccc(C)cc1)N1CCCC1.I. The first-order valence-electron chi connectivity index (χ1n) is 11.5. The summed E-state index contributed by atoms with van der Waals surface area (Å²) in [5.41, 5.74) is 4.50. The summed E-state index contributed by atoms with van der Waals surface area (Å²) >= 11 is 0. The first-order valence-corrected chi connectivity index (χ1v) is 11.5. The molecule has 1 atom stereocenters. The van der Waals surface area contributed by atoms with Gasteiger partial charge in [0, 0.05) is 39.8 Å². The molecule has 2 aromatic carbocycles. The van der Waals surface area contributed by atoms with Gasteiger partial charge in [0.15, 0.2) is 5.96 Å². The average Bonchev–Trinajstić information content (AvgIpc) is 3.33. The number of hydrogen-bond acceptors (Lipinski definition) is 3. The highest BCUT2D eigenvalue weighted by Crippen LogP contribution is 2.24. The molecule has 1 aliphatic heterocycles. The van der Waals surface area contributed by atoms with Gasteiger partial charge in [-0.05, 0) is 62.5 Å². The number of rotatable bonds is 8. The summed E-state index contributed by atoms with van der Waals surface area (Å²) in [6.45, 7) is 5.99. The summed E-state index contributed by atoms with van der Waals surface area (Å²) in [4.78, 5) is 20.8. The second kappa shape index (κ2) is 13.5. The van der Waals surface area contributed by atoms with Crippen molar-refractivity contribution < 1.29 is 4.79 Å². The van der Waals surface area contributed by atoms with Crippen molar-refractivity contribution in [3.63, 3.8) is 0 Å². The van der Waals surface area contributed by atoms with Crippen LogP contribution in [0.2, 0.25) is 0 Å². The molecule has 1 aliphatic rings. The Morgan fingerprint density at radius 2 is 1.79 bits per heavy atom. The number of halogens is 1. The van der Waals surface area contributed by atoms with Crippen LogP contribution >= 0.6 is 24.0 Å². The predicted octanol–water partition coefficient (Wildman–Crippen LogP) is 3.86. The lowest BCUT2D eigenvalue weighted by atomic mass is 10.0. The molecule has 6 nitrogen and oxygen atoms in total. The topological polar surface area (TPSA) is 60.0 Å². The van der Waals surface area contributed by atoms with Crippen molar-refractivity contribution in [2.45, 2.75) is 32.2 Å². The highest BCUT2D eigenvalue weighted by atomic mass is 127. The van der Waals surface area contributed by atoms with Crippen LogP contribution in [0.25, 0.3) is 0 Å². The molecule has 0 aromatic heterocycles. The number of amides is 1. The van der Waals surface area contributed by atoms with Gasteiger partial charge in [0.05, 0.1) is 6.04 Å². The van der Waals surface area contributed by atoms with Crippen LogP contribution in [-0.4, -0.2) is 69.0 Å². The molecule has 3 rings (SSSR count). The van der Waals surface area contributed by atoms with Crippen LogP contribution in [0.4, 0.5) is 0 Å². The van der Waals surface area contributed by atoms with Gasteiger partial charge < -0.3 is 15.5 Å². The Balaban J connectivity index is 0.00000385. The number of guanidine groups is 1. The molecule has 1 unspecified atom stereocenters. The highest BCUT2D eigenvalue weighted by molar-refractivity contribution is 14.0. The first kappa shape index (κ1) is 27.1.